The summed E-state index contributed by atoms with van der Waals surface area (Å²) in [5.41, 5.74) is 1.65. The Kier molecular flexibility index (Phi) is 4.64. The summed E-state index contributed by atoms with van der Waals surface area (Å²) < 4.78 is 14.6. The Hall–Kier alpha value is -1.57. The van der Waals surface area contributed by atoms with Crippen LogP contribution in [0.15, 0.2) is 40.9 Å². The van der Waals surface area contributed by atoms with E-state index in [4.69, 9.17) is 16.9 Å². The second-order valence-corrected chi connectivity index (χ2v) is 5.66. The maximum atomic E-state index is 13.9. The summed E-state index contributed by atoms with van der Waals surface area (Å²) in [5.74, 6) is -0.299. The van der Waals surface area contributed by atoms with E-state index in [1.54, 1.807) is 30.3 Å². The summed E-state index contributed by atoms with van der Waals surface area (Å²) in [7, 11) is 0. The van der Waals surface area contributed by atoms with Crippen LogP contribution in [-0.2, 0) is 0 Å². The van der Waals surface area contributed by atoms with Gasteiger partial charge in [0.1, 0.15) is 5.82 Å². The van der Waals surface area contributed by atoms with E-state index >= 15 is 0 Å². The number of nitrogens with one attached hydrogen (secondary N) is 1. The summed E-state index contributed by atoms with van der Waals surface area (Å²) in [6, 6.07) is 11.6. The molecular formula is C15H11BrClFN2. The van der Waals surface area contributed by atoms with E-state index < -0.39 is 0 Å². The van der Waals surface area contributed by atoms with Gasteiger partial charge >= 0.3 is 0 Å². The van der Waals surface area contributed by atoms with Crippen molar-refractivity contribution >= 4 is 33.2 Å². The van der Waals surface area contributed by atoms with E-state index in [0.717, 1.165) is 0 Å². The molecule has 0 bridgehead atoms. The molecule has 5 heteroatoms. The fourth-order valence-electron chi connectivity index (χ4n) is 1.87. The number of anilines is 1. The minimum absolute atomic E-state index is 0.269. The molecule has 0 aliphatic heterocycles. The summed E-state index contributed by atoms with van der Waals surface area (Å²) in [4.78, 5) is 0. The highest BCUT2D eigenvalue weighted by atomic mass is 79.9. The Bertz CT molecular complexity index is 682. The third kappa shape index (κ3) is 3.30. The van der Waals surface area contributed by atoms with Crippen molar-refractivity contribution in [3.8, 4) is 6.07 Å². The Morgan fingerprint density at radius 3 is 2.70 bits per heavy atom. The summed E-state index contributed by atoms with van der Waals surface area (Å²) >= 11 is 9.30. The van der Waals surface area contributed by atoms with E-state index in [0.29, 0.717) is 26.3 Å². The molecule has 2 rings (SSSR count). The lowest BCUT2D eigenvalue weighted by Crippen LogP contribution is -2.09. The van der Waals surface area contributed by atoms with Gasteiger partial charge in [0, 0.05) is 10.0 Å². The van der Waals surface area contributed by atoms with Gasteiger partial charge in [0.2, 0.25) is 0 Å². The molecule has 0 amide bonds. The summed E-state index contributed by atoms with van der Waals surface area (Å²) in [6.45, 7) is 1.84. The highest BCUT2D eigenvalue weighted by Crippen LogP contribution is 2.29. The van der Waals surface area contributed by atoms with Gasteiger partial charge in [-0.15, -0.1) is 0 Å². The zero-order chi connectivity index (χ0) is 14.7. The Balaban J connectivity index is 2.27. The molecule has 1 atom stereocenters. The van der Waals surface area contributed by atoms with Crippen molar-refractivity contribution in [1.29, 1.82) is 5.26 Å². The van der Waals surface area contributed by atoms with Crippen LogP contribution in [0.5, 0.6) is 0 Å². The van der Waals surface area contributed by atoms with Gasteiger partial charge < -0.3 is 5.32 Å². The molecule has 2 nitrogen and oxygen atoms in total. The lowest BCUT2D eigenvalue weighted by Gasteiger charge is -2.17. The van der Waals surface area contributed by atoms with Crippen molar-refractivity contribution in [2.45, 2.75) is 13.0 Å². The molecule has 0 saturated heterocycles. The number of halogens is 3. The third-order valence-corrected chi connectivity index (χ3v) is 3.72. The monoisotopic (exact) mass is 352 g/mol. The molecule has 1 N–H and O–H groups in total. The minimum Gasteiger partial charge on any atom is -0.377 e. The molecule has 0 radical (unpaired) electrons. The van der Waals surface area contributed by atoms with Crippen molar-refractivity contribution in [3.63, 3.8) is 0 Å². The van der Waals surface area contributed by atoms with E-state index in [1.165, 1.54) is 6.07 Å². The van der Waals surface area contributed by atoms with E-state index in [-0.39, 0.29) is 11.9 Å². The quantitative estimate of drug-likeness (QED) is 0.814. The highest BCUT2D eigenvalue weighted by molar-refractivity contribution is 9.10. The van der Waals surface area contributed by atoms with Crippen LogP contribution in [0.2, 0.25) is 5.02 Å². The maximum Gasteiger partial charge on any atom is 0.129 e. The normalized spacial score (nSPS) is 11.8. The average Bonchev–Trinajstić information content (AvgIpc) is 2.41. The van der Waals surface area contributed by atoms with Gasteiger partial charge in [0.25, 0.3) is 0 Å². The van der Waals surface area contributed by atoms with Crippen molar-refractivity contribution in [2.24, 2.45) is 0 Å². The number of nitrogens with zero attached hydrogens (tertiary/aromatic N) is 1. The molecule has 0 aromatic heterocycles. The zero-order valence-corrected chi connectivity index (χ0v) is 13.0. The first-order valence-electron chi connectivity index (χ1n) is 5.92. The number of rotatable bonds is 3. The second-order valence-electron chi connectivity index (χ2n) is 4.34. The van der Waals surface area contributed by atoms with Crippen LogP contribution in [0, 0.1) is 17.1 Å². The topological polar surface area (TPSA) is 35.8 Å². The van der Waals surface area contributed by atoms with E-state index in [9.17, 15) is 4.39 Å². The van der Waals surface area contributed by atoms with Crippen molar-refractivity contribution in [1.82, 2.24) is 0 Å². The number of hydrogen-bond acceptors (Lipinski definition) is 2. The second kappa shape index (κ2) is 6.25. The largest absolute Gasteiger partial charge is 0.377 e. The molecule has 0 saturated carbocycles. The predicted molar refractivity (Wildman–Crippen MR) is 82.3 cm³/mol. The average molecular weight is 354 g/mol. The smallest absolute Gasteiger partial charge is 0.129 e. The van der Waals surface area contributed by atoms with Crippen LogP contribution >= 0.6 is 27.5 Å². The first kappa shape index (κ1) is 14.8. The number of nitriles is 1. The van der Waals surface area contributed by atoms with Crippen molar-refractivity contribution < 1.29 is 4.39 Å². The predicted octanol–water partition coefficient (Wildman–Crippen LogP) is 5.29. The Morgan fingerprint density at radius 2 is 2.05 bits per heavy atom. The van der Waals surface area contributed by atoms with Gasteiger partial charge in [-0.05, 0) is 37.3 Å². The van der Waals surface area contributed by atoms with Crippen LogP contribution in [0.25, 0.3) is 0 Å². The molecule has 102 valence electrons. The molecule has 20 heavy (non-hydrogen) atoms. The highest BCUT2D eigenvalue weighted by Gasteiger charge is 2.13. The van der Waals surface area contributed by atoms with Crippen molar-refractivity contribution in [2.75, 3.05) is 5.32 Å². The van der Waals surface area contributed by atoms with E-state index in [1.807, 2.05) is 13.0 Å². The Labute approximate surface area is 130 Å². The molecule has 0 fully saturated rings. The first-order valence-corrected chi connectivity index (χ1v) is 7.09. The van der Waals surface area contributed by atoms with Crippen LogP contribution in [-0.4, -0.2) is 0 Å². The molecule has 0 heterocycles. The van der Waals surface area contributed by atoms with Gasteiger partial charge in [-0.3, -0.25) is 0 Å². The number of benzene rings is 2. The summed E-state index contributed by atoms with van der Waals surface area (Å²) in [6.07, 6.45) is 0. The fourth-order valence-corrected chi connectivity index (χ4v) is 2.37. The van der Waals surface area contributed by atoms with Gasteiger partial charge in [0.15, 0.2) is 0 Å². The molecular weight excluding hydrogens is 343 g/mol. The molecule has 2 aromatic rings. The van der Waals surface area contributed by atoms with Crippen LogP contribution < -0.4 is 5.32 Å². The zero-order valence-electron chi connectivity index (χ0n) is 10.6. The molecule has 0 aliphatic rings. The van der Waals surface area contributed by atoms with Crippen LogP contribution in [0.4, 0.5) is 10.1 Å². The van der Waals surface area contributed by atoms with Gasteiger partial charge in [0.05, 0.1) is 28.4 Å². The number of hydrogen-bond donors (Lipinski definition) is 1. The lowest BCUT2D eigenvalue weighted by atomic mass is 10.1. The SMILES string of the molecule is CC(Nc1cc(C#N)ccc1Cl)c1ccc(Br)cc1F. The van der Waals surface area contributed by atoms with Gasteiger partial charge in [-0.2, -0.15) is 5.26 Å². The summed E-state index contributed by atoms with van der Waals surface area (Å²) in [5, 5.41) is 12.5. The Morgan fingerprint density at radius 1 is 1.30 bits per heavy atom. The molecule has 1 unspecified atom stereocenters. The van der Waals surface area contributed by atoms with Crippen LogP contribution in [0.1, 0.15) is 24.1 Å². The van der Waals surface area contributed by atoms with E-state index in [2.05, 4.69) is 21.2 Å². The van der Waals surface area contributed by atoms with Gasteiger partial charge in [-0.1, -0.05) is 33.6 Å². The minimum atomic E-state index is -0.299. The lowest BCUT2D eigenvalue weighted by molar-refractivity contribution is 0.599. The molecule has 2 aromatic carbocycles. The maximum absolute atomic E-state index is 13.9. The molecule has 0 spiro atoms. The fraction of sp³-hybridized carbons (Fsp3) is 0.133. The third-order valence-electron chi connectivity index (χ3n) is 2.90. The van der Waals surface area contributed by atoms with Crippen LogP contribution in [0.3, 0.4) is 0 Å². The molecule has 0 aliphatic carbocycles. The first-order chi connectivity index (χ1) is 9.51. The van der Waals surface area contributed by atoms with Crippen molar-refractivity contribution in [3.05, 3.63) is 62.8 Å². The van der Waals surface area contributed by atoms with Gasteiger partial charge in [-0.25, -0.2) is 4.39 Å². The standard InChI is InChI=1S/C15H11BrClFN2/c1-9(12-4-3-11(16)7-14(12)18)20-15-6-10(8-19)2-5-13(15)17/h2-7,9,20H,1H3.